The highest BCUT2D eigenvalue weighted by atomic mass is 16.4. The summed E-state index contributed by atoms with van der Waals surface area (Å²) in [5.74, 6) is -0.327. The fraction of sp³-hybridized carbons (Fsp3) is 0.400. The molecular weight excluding hydrogens is 222 g/mol. The molecule has 0 atom stereocenters. The monoisotopic (exact) mass is 237 g/mol. The number of amides is 1. The van der Waals surface area contributed by atoms with Crippen molar-refractivity contribution in [2.75, 3.05) is 13.1 Å². The Bertz CT molecular complexity index is 415. The van der Waals surface area contributed by atoms with Crippen LogP contribution in [0.25, 0.3) is 0 Å². The van der Waals surface area contributed by atoms with Crippen LogP contribution >= 0.6 is 0 Å². The molecule has 1 aromatic rings. The second-order valence-electron chi connectivity index (χ2n) is 3.45. The number of hydrogen-bond donors (Lipinski definition) is 2. The maximum atomic E-state index is 12.0. The summed E-state index contributed by atoms with van der Waals surface area (Å²) < 4.78 is 0. The Hall–Kier alpha value is -2.18. The van der Waals surface area contributed by atoms with Crippen molar-refractivity contribution in [3.63, 3.8) is 0 Å². The summed E-state index contributed by atoms with van der Waals surface area (Å²) in [5.41, 5.74) is 6.34. The van der Waals surface area contributed by atoms with Gasteiger partial charge in [0.2, 0.25) is 0 Å². The molecule has 0 fully saturated rings. The van der Waals surface area contributed by atoms with Crippen molar-refractivity contribution in [3.8, 4) is 0 Å². The van der Waals surface area contributed by atoms with Crippen LogP contribution in [0.4, 0.5) is 0 Å². The average molecular weight is 237 g/mol. The number of hydrogen-bond acceptors (Lipinski definition) is 5. The lowest BCUT2D eigenvalue weighted by Gasteiger charge is -2.19. The molecule has 7 nitrogen and oxygen atoms in total. The van der Waals surface area contributed by atoms with Gasteiger partial charge in [-0.2, -0.15) is 0 Å². The molecule has 0 spiro atoms. The molecule has 1 amide bonds. The number of amidine groups is 1. The van der Waals surface area contributed by atoms with Gasteiger partial charge in [0.15, 0.2) is 5.84 Å². The third kappa shape index (κ3) is 3.40. The molecule has 0 unspecified atom stereocenters. The first-order chi connectivity index (χ1) is 8.08. The highest BCUT2D eigenvalue weighted by Crippen LogP contribution is 2.01. The van der Waals surface area contributed by atoms with Gasteiger partial charge in [-0.15, -0.1) is 0 Å². The predicted octanol–water partition coefficient (Wildman–Crippen LogP) is -0.00648. The number of rotatable bonds is 4. The fourth-order valence-electron chi connectivity index (χ4n) is 1.22. The molecule has 17 heavy (non-hydrogen) atoms. The van der Waals surface area contributed by atoms with E-state index in [-0.39, 0.29) is 24.0 Å². The fourth-order valence-corrected chi connectivity index (χ4v) is 1.22. The van der Waals surface area contributed by atoms with E-state index in [1.54, 1.807) is 13.8 Å². The maximum Gasteiger partial charge on any atom is 0.274 e. The van der Waals surface area contributed by atoms with Gasteiger partial charge in [-0.05, 0) is 13.8 Å². The van der Waals surface area contributed by atoms with Gasteiger partial charge in [0.05, 0.1) is 18.4 Å². The van der Waals surface area contributed by atoms with Gasteiger partial charge in [0.1, 0.15) is 5.69 Å². The van der Waals surface area contributed by atoms with Gasteiger partial charge in [0, 0.05) is 12.7 Å². The smallest absolute Gasteiger partial charge is 0.274 e. The van der Waals surface area contributed by atoms with E-state index in [1.165, 1.54) is 17.3 Å². The number of aryl methyl sites for hydroxylation is 1. The van der Waals surface area contributed by atoms with Crippen molar-refractivity contribution >= 4 is 11.7 Å². The highest BCUT2D eigenvalue weighted by molar-refractivity contribution is 5.95. The number of aromatic nitrogens is 2. The van der Waals surface area contributed by atoms with Crippen molar-refractivity contribution in [1.29, 1.82) is 0 Å². The zero-order valence-corrected chi connectivity index (χ0v) is 9.79. The summed E-state index contributed by atoms with van der Waals surface area (Å²) in [7, 11) is 0. The van der Waals surface area contributed by atoms with Crippen LogP contribution < -0.4 is 5.73 Å². The number of likely N-dealkylation sites (N-methyl/N-ethyl adjacent to an activating group) is 1. The molecule has 0 saturated heterocycles. The van der Waals surface area contributed by atoms with E-state index in [1.807, 2.05) is 0 Å². The molecule has 0 radical (unpaired) electrons. The number of oxime groups is 1. The first-order valence-corrected chi connectivity index (χ1v) is 5.12. The van der Waals surface area contributed by atoms with E-state index in [9.17, 15) is 4.79 Å². The van der Waals surface area contributed by atoms with Crippen molar-refractivity contribution in [1.82, 2.24) is 14.9 Å². The molecule has 0 aromatic carbocycles. The molecule has 1 aromatic heterocycles. The van der Waals surface area contributed by atoms with Crippen LogP contribution in [-0.4, -0.2) is 44.9 Å². The van der Waals surface area contributed by atoms with Crippen LogP contribution in [0.1, 0.15) is 23.1 Å². The topological polar surface area (TPSA) is 105 Å². The summed E-state index contributed by atoms with van der Waals surface area (Å²) in [6.45, 7) is 4.07. The Kier molecular flexibility index (Phi) is 4.38. The van der Waals surface area contributed by atoms with Crippen molar-refractivity contribution < 1.29 is 10.0 Å². The second-order valence-corrected chi connectivity index (χ2v) is 3.45. The SMILES string of the molecule is CCN(CC(N)=NO)C(=O)c1cnc(C)cn1. The molecule has 1 heterocycles. The second kappa shape index (κ2) is 5.78. The lowest BCUT2D eigenvalue weighted by atomic mass is 10.3. The molecule has 0 saturated carbocycles. The molecule has 0 aliphatic carbocycles. The van der Waals surface area contributed by atoms with Crippen molar-refractivity contribution in [2.24, 2.45) is 10.9 Å². The standard InChI is InChI=1S/C10H15N5O2/c1-3-15(6-9(11)14-17)10(16)8-5-12-7(2)4-13-8/h4-5,17H,3,6H2,1-2H3,(H2,11,14). The van der Waals surface area contributed by atoms with Gasteiger partial charge in [-0.1, -0.05) is 5.16 Å². The minimum Gasteiger partial charge on any atom is -0.409 e. The van der Waals surface area contributed by atoms with E-state index in [0.717, 1.165) is 5.69 Å². The number of carbonyl (C=O) groups excluding carboxylic acids is 1. The molecule has 0 aliphatic heterocycles. The Morgan fingerprint density at radius 1 is 1.53 bits per heavy atom. The Morgan fingerprint density at radius 2 is 2.24 bits per heavy atom. The Balaban J connectivity index is 2.82. The number of carbonyl (C=O) groups is 1. The predicted molar refractivity (Wildman–Crippen MR) is 61.8 cm³/mol. The summed E-state index contributed by atoms with van der Waals surface area (Å²) in [6.07, 6.45) is 2.93. The number of nitrogens with two attached hydrogens (primary N) is 1. The zero-order chi connectivity index (χ0) is 12.8. The van der Waals surface area contributed by atoms with E-state index in [2.05, 4.69) is 15.1 Å². The molecule has 7 heteroatoms. The molecule has 0 bridgehead atoms. The first-order valence-electron chi connectivity index (χ1n) is 5.12. The van der Waals surface area contributed by atoms with Crippen LogP contribution in [0.5, 0.6) is 0 Å². The largest absolute Gasteiger partial charge is 0.409 e. The summed E-state index contributed by atoms with van der Waals surface area (Å²) in [5, 5.41) is 11.3. The van der Waals surface area contributed by atoms with E-state index >= 15 is 0 Å². The van der Waals surface area contributed by atoms with Crippen LogP contribution in [-0.2, 0) is 0 Å². The van der Waals surface area contributed by atoms with Gasteiger partial charge >= 0.3 is 0 Å². The van der Waals surface area contributed by atoms with Crippen LogP contribution in [0, 0.1) is 6.92 Å². The third-order valence-corrected chi connectivity index (χ3v) is 2.15. The van der Waals surface area contributed by atoms with E-state index in [4.69, 9.17) is 10.9 Å². The van der Waals surface area contributed by atoms with E-state index in [0.29, 0.717) is 6.54 Å². The van der Waals surface area contributed by atoms with Crippen LogP contribution in [0.2, 0.25) is 0 Å². The summed E-state index contributed by atoms with van der Waals surface area (Å²) >= 11 is 0. The maximum absolute atomic E-state index is 12.0. The normalized spacial score (nSPS) is 11.3. The quantitative estimate of drug-likeness (QED) is 0.332. The number of nitrogens with zero attached hydrogens (tertiary/aromatic N) is 4. The summed E-state index contributed by atoms with van der Waals surface area (Å²) in [4.78, 5) is 21.4. The van der Waals surface area contributed by atoms with Gasteiger partial charge < -0.3 is 15.8 Å². The Morgan fingerprint density at radius 3 is 2.71 bits per heavy atom. The van der Waals surface area contributed by atoms with Gasteiger partial charge in [0.25, 0.3) is 5.91 Å². The molecule has 92 valence electrons. The highest BCUT2D eigenvalue weighted by Gasteiger charge is 2.16. The third-order valence-electron chi connectivity index (χ3n) is 2.15. The van der Waals surface area contributed by atoms with Gasteiger partial charge in [-0.25, -0.2) is 4.98 Å². The summed E-state index contributed by atoms with van der Waals surface area (Å²) in [6, 6.07) is 0. The first kappa shape index (κ1) is 12.9. The minimum absolute atomic E-state index is 0.0275. The molecule has 3 N–H and O–H groups in total. The lowest BCUT2D eigenvalue weighted by Crippen LogP contribution is -2.38. The molecular formula is C10H15N5O2. The Labute approximate surface area is 99.0 Å². The van der Waals surface area contributed by atoms with Crippen LogP contribution in [0.3, 0.4) is 0 Å². The van der Waals surface area contributed by atoms with Crippen molar-refractivity contribution in [2.45, 2.75) is 13.8 Å². The molecule has 1 rings (SSSR count). The van der Waals surface area contributed by atoms with E-state index < -0.39 is 0 Å². The van der Waals surface area contributed by atoms with Crippen LogP contribution in [0.15, 0.2) is 17.5 Å². The minimum atomic E-state index is -0.299. The van der Waals surface area contributed by atoms with Crippen molar-refractivity contribution in [3.05, 3.63) is 23.8 Å². The van der Waals surface area contributed by atoms with Gasteiger partial charge in [-0.3, -0.25) is 9.78 Å². The molecule has 0 aliphatic rings. The zero-order valence-electron chi connectivity index (χ0n) is 9.79. The lowest BCUT2D eigenvalue weighted by molar-refractivity contribution is 0.0780. The average Bonchev–Trinajstić information content (AvgIpc) is 2.35.